The zero-order valence-electron chi connectivity index (χ0n) is 13.7. The van der Waals surface area contributed by atoms with Gasteiger partial charge < -0.3 is 10.1 Å². The lowest BCUT2D eigenvalue weighted by atomic mass is 10.1. The molecule has 0 unspecified atom stereocenters. The van der Waals surface area contributed by atoms with Crippen molar-refractivity contribution in [2.75, 3.05) is 6.54 Å². The first-order chi connectivity index (χ1) is 10.8. The summed E-state index contributed by atoms with van der Waals surface area (Å²) < 4.78 is 5.18. The first kappa shape index (κ1) is 17.0. The van der Waals surface area contributed by atoms with Crippen LogP contribution in [0.15, 0.2) is 24.3 Å². The molecule has 0 bridgehead atoms. The van der Waals surface area contributed by atoms with Gasteiger partial charge in [-0.15, -0.1) is 0 Å². The molecule has 124 valence electrons. The smallest absolute Gasteiger partial charge is 0.325 e. The summed E-state index contributed by atoms with van der Waals surface area (Å²) in [5, 5.41) is 2.60. The monoisotopic (exact) mass is 318 g/mol. The molecular weight excluding hydrogens is 296 g/mol. The average Bonchev–Trinajstić information content (AvgIpc) is 2.68. The van der Waals surface area contributed by atoms with Gasteiger partial charge in [-0.2, -0.15) is 0 Å². The second kappa shape index (κ2) is 6.81. The van der Waals surface area contributed by atoms with E-state index < -0.39 is 11.6 Å². The number of aryl methyl sites for hydroxylation is 1. The molecule has 0 aromatic heterocycles. The molecule has 1 saturated heterocycles. The van der Waals surface area contributed by atoms with Gasteiger partial charge in [0.25, 0.3) is 5.91 Å². The molecule has 6 nitrogen and oxygen atoms in total. The lowest BCUT2D eigenvalue weighted by Crippen LogP contribution is -2.40. The summed E-state index contributed by atoms with van der Waals surface area (Å²) in [6.07, 6.45) is 0.561. The van der Waals surface area contributed by atoms with E-state index in [-0.39, 0.29) is 31.4 Å². The summed E-state index contributed by atoms with van der Waals surface area (Å²) in [5.41, 5.74) is 1.21. The Morgan fingerprint density at radius 3 is 2.43 bits per heavy atom. The highest BCUT2D eigenvalue weighted by Crippen LogP contribution is 2.17. The number of esters is 1. The van der Waals surface area contributed by atoms with E-state index in [0.717, 1.165) is 16.0 Å². The number of benzene rings is 1. The molecule has 23 heavy (non-hydrogen) atoms. The molecule has 1 aromatic carbocycles. The largest absolute Gasteiger partial charge is 0.461 e. The molecule has 0 spiro atoms. The van der Waals surface area contributed by atoms with Gasteiger partial charge in [0.1, 0.15) is 12.1 Å². The summed E-state index contributed by atoms with van der Waals surface area (Å²) in [6, 6.07) is 7.34. The molecule has 1 fully saturated rings. The van der Waals surface area contributed by atoms with E-state index in [4.69, 9.17) is 4.74 Å². The van der Waals surface area contributed by atoms with Crippen LogP contribution in [0.4, 0.5) is 4.79 Å². The summed E-state index contributed by atoms with van der Waals surface area (Å²) in [6.45, 7) is 5.75. The molecule has 2 rings (SSSR count). The lowest BCUT2D eigenvalue weighted by Gasteiger charge is -2.15. The SMILES string of the molecule is Cc1ccc(COC(=O)CCCN2C(=O)NC(C)(C)C2=O)cc1. The predicted molar refractivity (Wildman–Crippen MR) is 84.5 cm³/mol. The van der Waals surface area contributed by atoms with Crippen LogP contribution in [0.3, 0.4) is 0 Å². The minimum atomic E-state index is -0.872. The normalized spacial score (nSPS) is 16.4. The highest BCUT2D eigenvalue weighted by Gasteiger charge is 2.43. The van der Waals surface area contributed by atoms with Gasteiger partial charge in [0, 0.05) is 13.0 Å². The molecule has 0 radical (unpaired) electrons. The van der Waals surface area contributed by atoms with Crippen LogP contribution in [-0.4, -0.2) is 34.9 Å². The number of nitrogens with one attached hydrogen (secondary N) is 1. The van der Waals surface area contributed by atoms with Crippen molar-refractivity contribution in [2.45, 2.75) is 45.8 Å². The minimum Gasteiger partial charge on any atom is -0.461 e. The molecular formula is C17H22N2O4. The first-order valence-corrected chi connectivity index (χ1v) is 7.65. The first-order valence-electron chi connectivity index (χ1n) is 7.65. The fourth-order valence-electron chi connectivity index (χ4n) is 2.32. The van der Waals surface area contributed by atoms with E-state index in [1.165, 1.54) is 0 Å². The fourth-order valence-corrected chi connectivity index (χ4v) is 2.32. The summed E-state index contributed by atoms with van der Waals surface area (Å²) in [5.74, 6) is -0.604. The minimum absolute atomic E-state index is 0.170. The van der Waals surface area contributed by atoms with Crippen LogP contribution >= 0.6 is 0 Å². The van der Waals surface area contributed by atoms with Crippen molar-refractivity contribution >= 4 is 17.9 Å². The molecule has 1 heterocycles. The van der Waals surface area contributed by atoms with Crippen molar-refractivity contribution in [3.63, 3.8) is 0 Å². The Kier molecular flexibility index (Phi) is 5.03. The van der Waals surface area contributed by atoms with Gasteiger partial charge in [0.2, 0.25) is 0 Å². The van der Waals surface area contributed by atoms with Gasteiger partial charge in [0.15, 0.2) is 0 Å². The number of hydrogen-bond acceptors (Lipinski definition) is 4. The van der Waals surface area contributed by atoms with E-state index in [0.29, 0.717) is 6.42 Å². The van der Waals surface area contributed by atoms with Crippen molar-refractivity contribution in [2.24, 2.45) is 0 Å². The van der Waals surface area contributed by atoms with E-state index >= 15 is 0 Å². The molecule has 0 atom stereocenters. The maximum atomic E-state index is 12.0. The highest BCUT2D eigenvalue weighted by molar-refractivity contribution is 6.06. The van der Waals surface area contributed by atoms with Crippen molar-refractivity contribution in [3.8, 4) is 0 Å². The Balaban J connectivity index is 1.72. The molecule has 0 aliphatic carbocycles. The maximum Gasteiger partial charge on any atom is 0.325 e. The summed E-state index contributed by atoms with van der Waals surface area (Å²) >= 11 is 0. The zero-order chi connectivity index (χ0) is 17.0. The van der Waals surface area contributed by atoms with Crippen LogP contribution in [0.2, 0.25) is 0 Å². The van der Waals surface area contributed by atoms with Crippen molar-refractivity contribution in [1.29, 1.82) is 0 Å². The van der Waals surface area contributed by atoms with Crippen LogP contribution < -0.4 is 5.32 Å². The molecule has 1 aliphatic heterocycles. The molecule has 1 aromatic rings. The third kappa shape index (κ3) is 4.31. The van der Waals surface area contributed by atoms with Gasteiger partial charge >= 0.3 is 12.0 Å². The molecule has 1 aliphatic rings. The van der Waals surface area contributed by atoms with Gasteiger partial charge in [-0.05, 0) is 32.8 Å². The third-order valence-electron chi connectivity index (χ3n) is 3.73. The van der Waals surface area contributed by atoms with E-state index in [2.05, 4.69) is 5.32 Å². The number of amides is 3. The third-order valence-corrected chi connectivity index (χ3v) is 3.73. The number of rotatable bonds is 6. The fraction of sp³-hybridized carbons (Fsp3) is 0.471. The van der Waals surface area contributed by atoms with Crippen molar-refractivity contribution in [3.05, 3.63) is 35.4 Å². The predicted octanol–water partition coefficient (Wildman–Crippen LogP) is 2.15. The van der Waals surface area contributed by atoms with Gasteiger partial charge in [-0.25, -0.2) is 4.79 Å². The van der Waals surface area contributed by atoms with E-state index in [1.807, 2.05) is 31.2 Å². The second-order valence-corrected chi connectivity index (χ2v) is 6.26. The number of hydrogen-bond donors (Lipinski definition) is 1. The van der Waals surface area contributed by atoms with Crippen molar-refractivity contribution in [1.82, 2.24) is 10.2 Å². The Hall–Kier alpha value is -2.37. The van der Waals surface area contributed by atoms with E-state index in [9.17, 15) is 14.4 Å². The number of carbonyl (C=O) groups is 3. The van der Waals surface area contributed by atoms with Gasteiger partial charge in [-0.3, -0.25) is 14.5 Å². The number of imide groups is 1. The van der Waals surface area contributed by atoms with Crippen LogP contribution in [0.5, 0.6) is 0 Å². The van der Waals surface area contributed by atoms with Crippen LogP contribution in [-0.2, 0) is 20.9 Å². The Bertz CT molecular complexity index is 608. The molecule has 0 saturated carbocycles. The zero-order valence-corrected chi connectivity index (χ0v) is 13.7. The highest BCUT2D eigenvalue weighted by atomic mass is 16.5. The maximum absolute atomic E-state index is 12.0. The summed E-state index contributed by atoms with van der Waals surface area (Å²) in [7, 11) is 0. The Morgan fingerprint density at radius 1 is 1.22 bits per heavy atom. The van der Waals surface area contributed by atoms with E-state index in [1.54, 1.807) is 13.8 Å². The number of carbonyl (C=O) groups excluding carboxylic acids is 3. The lowest BCUT2D eigenvalue weighted by molar-refractivity contribution is -0.145. The number of urea groups is 1. The average molecular weight is 318 g/mol. The number of nitrogens with zero attached hydrogens (tertiary/aromatic N) is 1. The Labute approximate surface area is 135 Å². The molecule has 3 amide bonds. The topological polar surface area (TPSA) is 75.7 Å². The standard InChI is InChI=1S/C17H22N2O4/c1-12-6-8-13(9-7-12)11-23-14(20)5-4-10-19-15(21)17(2,3)18-16(19)22/h6-9H,4-5,10-11H2,1-3H3,(H,18,22). The Morgan fingerprint density at radius 2 is 1.87 bits per heavy atom. The van der Waals surface area contributed by atoms with Gasteiger partial charge in [0.05, 0.1) is 0 Å². The van der Waals surface area contributed by atoms with Crippen molar-refractivity contribution < 1.29 is 19.1 Å². The van der Waals surface area contributed by atoms with Crippen LogP contribution in [0.25, 0.3) is 0 Å². The summed E-state index contributed by atoms with van der Waals surface area (Å²) in [4.78, 5) is 36.5. The van der Waals surface area contributed by atoms with Crippen LogP contribution in [0.1, 0.15) is 37.8 Å². The van der Waals surface area contributed by atoms with Crippen LogP contribution in [0, 0.1) is 6.92 Å². The second-order valence-electron chi connectivity index (χ2n) is 6.26. The molecule has 6 heteroatoms. The molecule has 1 N–H and O–H groups in total. The quantitative estimate of drug-likeness (QED) is 0.644. The number of ether oxygens (including phenoxy) is 1. The van der Waals surface area contributed by atoms with Gasteiger partial charge in [-0.1, -0.05) is 29.8 Å².